The fraction of sp³-hybridized carbons (Fsp3) is 0.816. The van der Waals surface area contributed by atoms with Crippen molar-refractivity contribution in [2.45, 2.75) is 158 Å². The molecule has 2 aliphatic heterocycles. The zero-order valence-corrected chi connectivity index (χ0v) is 45.7. The summed E-state index contributed by atoms with van der Waals surface area (Å²) in [6.45, 7) is 1.61. The van der Waals surface area contributed by atoms with Gasteiger partial charge in [0.15, 0.2) is 12.6 Å². The molecule has 0 aliphatic carbocycles. The summed E-state index contributed by atoms with van der Waals surface area (Å²) in [5.41, 5.74) is 3.87. The summed E-state index contributed by atoms with van der Waals surface area (Å²) in [5, 5.41) is 81.1. The SMILES string of the molecule is CC(=O)N[C@H]1[C@H](OCCCCCNC(=O)COCCNC(=O)CCC(CCC(=O)NCCOCC(N)=O)(CCC(=O)NCCOCC(=O)NCCCCCO[C@@H]2O[C@H](CO)[C@H](O)[C@H](O)[C@H]2NC(C)=O)NC=O)O[C@H](CO)[C@H](O)[C@@H]1O. The number of hydrogen-bond acceptors (Lipinski definition) is 22. The third kappa shape index (κ3) is 29.4. The Morgan fingerprint density at radius 3 is 1.20 bits per heavy atom. The highest BCUT2D eigenvalue weighted by molar-refractivity contribution is 5.79. The molecule has 0 radical (unpaired) electrons. The zero-order chi connectivity index (χ0) is 59.3. The highest BCUT2D eigenvalue weighted by Gasteiger charge is 2.46. The number of aliphatic hydroxyl groups is 6. The second-order valence-electron chi connectivity index (χ2n) is 19.1. The molecule has 10 atom stereocenters. The molecule has 2 heterocycles. The average molecular weight is 1150 g/mol. The molecular formula is C49H87N9O22. The molecule has 2 saturated heterocycles. The molecule has 2 aliphatic rings. The lowest BCUT2D eigenvalue weighted by Gasteiger charge is -2.42. The van der Waals surface area contributed by atoms with Crippen LogP contribution in [0.5, 0.6) is 0 Å². The van der Waals surface area contributed by atoms with E-state index in [1.165, 1.54) is 13.8 Å². The van der Waals surface area contributed by atoms with Crippen molar-refractivity contribution < 1.29 is 107 Å². The Morgan fingerprint density at radius 1 is 0.500 bits per heavy atom. The molecule has 2 fully saturated rings. The number of aliphatic hydroxyl groups excluding tert-OH is 6. The summed E-state index contributed by atoms with van der Waals surface area (Å²) in [6, 6.07) is -2.09. The summed E-state index contributed by atoms with van der Waals surface area (Å²) in [6.07, 6.45) is -6.44. The van der Waals surface area contributed by atoms with Crippen LogP contribution in [-0.2, 0) is 76.3 Å². The number of rotatable bonds is 44. The van der Waals surface area contributed by atoms with Gasteiger partial charge in [0.2, 0.25) is 53.7 Å². The fourth-order valence-corrected chi connectivity index (χ4v) is 8.32. The van der Waals surface area contributed by atoms with Gasteiger partial charge in [0.1, 0.15) is 68.5 Å². The first-order chi connectivity index (χ1) is 38.3. The first kappa shape index (κ1) is 70.8. The third-order valence-electron chi connectivity index (χ3n) is 12.6. The van der Waals surface area contributed by atoms with Crippen LogP contribution in [0.15, 0.2) is 0 Å². The van der Waals surface area contributed by atoms with Gasteiger partial charge in [-0.15, -0.1) is 0 Å². The molecular weight excluding hydrogens is 1070 g/mol. The first-order valence-electron chi connectivity index (χ1n) is 26.8. The maximum absolute atomic E-state index is 12.9. The van der Waals surface area contributed by atoms with E-state index in [9.17, 15) is 73.8 Å². The molecule has 0 spiro atoms. The number of carbonyl (C=O) groups excluding carboxylic acids is 9. The quantitative estimate of drug-likeness (QED) is 0.0199. The van der Waals surface area contributed by atoms with E-state index in [4.69, 9.17) is 38.9 Å². The van der Waals surface area contributed by atoms with Gasteiger partial charge in [-0.2, -0.15) is 0 Å². The Morgan fingerprint density at radius 2 is 0.863 bits per heavy atom. The number of nitrogens with one attached hydrogen (secondary N) is 8. The third-order valence-corrected chi connectivity index (χ3v) is 12.6. The molecule has 80 heavy (non-hydrogen) atoms. The summed E-state index contributed by atoms with van der Waals surface area (Å²) in [5.74, 6) is -3.67. The van der Waals surface area contributed by atoms with Crippen molar-refractivity contribution in [2.75, 3.05) is 98.8 Å². The predicted molar refractivity (Wildman–Crippen MR) is 277 cm³/mol. The molecule has 31 nitrogen and oxygen atoms in total. The number of hydrogen-bond donors (Lipinski definition) is 15. The maximum atomic E-state index is 12.9. The van der Waals surface area contributed by atoms with Crippen LogP contribution in [0, 0.1) is 0 Å². The monoisotopic (exact) mass is 1150 g/mol. The lowest BCUT2D eigenvalue weighted by molar-refractivity contribution is -0.270. The first-order valence-corrected chi connectivity index (χ1v) is 26.8. The van der Waals surface area contributed by atoms with E-state index in [2.05, 4.69) is 42.5 Å². The molecule has 0 unspecified atom stereocenters. The highest BCUT2D eigenvalue weighted by atomic mass is 16.7. The van der Waals surface area contributed by atoms with Crippen LogP contribution in [0.4, 0.5) is 0 Å². The number of unbranched alkanes of at least 4 members (excludes halogenated alkanes) is 4. The molecule has 16 N–H and O–H groups in total. The smallest absolute Gasteiger partial charge is 0.245 e. The van der Waals surface area contributed by atoms with Gasteiger partial charge in [0.05, 0.1) is 33.0 Å². The Labute approximate surface area is 464 Å². The lowest BCUT2D eigenvalue weighted by Crippen LogP contribution is -2.64. The van der Waals surface area contributed by atoms with Crippen molar-refractivity contribution in [3.63, 3.8) is 0 Å². The van der Waals surface area contributed by atoms with Gasteiger partial charge < -0.3 is 112 Å². The summed E-state index contributed by atoms with van der Waals surface area (Å²) < 4.78 is 38.3. The van der Waals surface area contributed by atoms with Gasteiger partial charge in [0, 0.05) is 84.6 Å². The van der Waals surface area contributed by atoms with Crippen molar-refractivity contribution in [3.05, 3.63) is 0 Å². The standard InChI is InChI=1S/C49H87N9O22/c1-31(62)57-41-45(72)43(70)33(25-59)79-47(41)77-20-7-3-5-15-51-39(68)28-75-23-18-54-37(66)10-13-49(56-30-61,12-9-36(65)53-17-22-74-27-35(50)64)14-11-38(67)55-19-24-76-29-40(69)52-16-6-4-8-21-78-48-42(58-32(2)63)46(73)44(71)34(26-60)80-48/h30,33-34,41-48,59-60,70-73H,3-29H2,1-2H3,(H2,50,64)(H,51,68)(H,52,69)(H,53,65)(H,54,66)(H,55,67)(H,56,61)(H,57,62)(H,58,63)/t33-,34-,41-,42-,43+,44+,45-,46-,47-,48-/m1/s1. The number of amides is 9. The topological polar surface area (TPSA) is 462 Å². The molecule has 0 bridgehead atoms. The summed E-state index contributed by atoms with van der Waals surface area (Å²) in [4.78, 5) is 109. The summed E-state index contributed by atoms with van der Waals surface area (Å²) in [7, 11) is 0. The minimum atomic E-state index is -1.42. The maximum Gasteiger partial charge on any atom is 0.245 e. The molecule has 31 heteroatoms. The van der Waals surface area contributed by atoms with E-state index < -0.39 is 127 Å². The van der Waals surface area contributed by atoms with Crippen LogP contribution >= 0.6 is 0 Å². The van der Waals surface area contributed by atoms with Crippen molar-refractivity contribution >= 4 is 53.7 Å². The zero-order valence-electron chi connectivity index (χ0n) is 45.7. The van der Waals surface area contributed by atoms with Crippen LogP contribution in [-0.4, -0.2) is 250 Å². The van der Waals surface area contributed by atoms with Crippen LogP contribution in [0.25, 0.3) is 0 Å². The van der Waals surface area contributed by atoms with Crippen LogP contribution in [0.3, 0.4) is 0 Å². The van der Waals surface area contributed by atoms with Gasteiger partial charge >= 0.3 is 0 Å². The van der Waals surface area contributed by atoms with Crippen molar-refractivity contribution in [1.82, 2.24) is 42.5 Å². The minimum Gasteiger partial charge on any atom is -0.394 e. The Bertz CT molecular complexity index is 1770. The van der Waals surface area contributed by atoms with E-state index in [0.717, 1.165) is 0 Å². The summed E-state index contributed by atoms with van der Waals surface area (Å²) >= 11 is 0. The molecule has 0 aromatic rings. The number of primary amides is 1. The molecule has 0 saturated carbocycles. The van der Waals surface area contributed by atoms with Gasteiger partial charge in [-0.05, 0) is 57.8 Å². The highest BCUT2D eigenvalue weighted by Crippen LogP contribution is 2.27. The molecule has 0 aromatic carbocycles. The van der Waals surface area contributed by atoms with E-state index >= 15 is 0 Å². The molecule has 0 aromatic heterocycles. The van der Waals surface area contributed by atoms with Crippen molar-refractivity contribution in [3.8, 4) is 0 Å². The largest absolute Gasteiger partial charge is 0.394 e. The number of nitrogens with two attached hydrogens (primary N) is 1. The molecule has 2 rings (SSSR count). The lowest BCUT2D eigenvalue weighted by atomic mass is 9.83. The van der Waals surface area contributed by atoms with Crippen molar-refractivity contribution in [1.29, 1.82) is 0 Å². The second-order valence-corrected chi connectivity index (χ2v) is 19.1. The number of carbonyl (C=O) groups is 9. The van der Waals surface area contributed by atoms with E-state index in [0.29, 0.717) is 58.0 Å². The van der Waals surface area contributed by atoms with Crippen LogP contribution < -0.4 is 48.3 Å². The van der Waals surface area contributed by atoms with Gasteiger partial charge in [0.25, 0.3) is 0 Å². The number of ether oxygens (including phenoxy) is 7. The Balaban J connectivity index is 1.71. The second kappa shape index (κ2) is 40.8. The molecule has 460 valence electrons. The van der Waals surface area contributed by atoms with Gasteiger partial charge in [-0.1, -0.05) is 0 Å². The van der Waals surface area contributed by atoms with Crippen LogP contribution in [0.2, 0.25) is 0 Å². The van der Waals surface area contributed by atoms with Crippen LogP contribution in [0.1, 0.15) is 90.9 Å². The van der Waals surface area contributed by atoms with E-state index in [-0.39, 0.29) is 111 Å². The minimum absolute atomic E-state index is 0.00723. The Kier molecular flexibility index (Phi) is 36.1. The van der Waals surface area contributed by atoms with E-state index in [1.54, 1.807) is 0 Å². The van der Waals surface area contributed by atoms with Crippen molar-refractivity contribution in [2.24, 2.45) is 5.73 Å². The van der Waals surface area contributed by atoms with E-state index in [1.807, 2.05) is 0 Å². The van der Waals surface area contributed by atoms with Gasteiger partial charge in [-0.25, -0.2) is 0 Å². The predicted octanol–water partition coefficient (Wildman–Crippen LogP) is -6.81. The fourth-order valence-electron chi connectivity index (χ4n) is 8.32. The Hall–Kier alpha value is -5.29. The average Bonchev–Trinajstić information content (AvgIpc) is 3.41. The normalized spacial score (nSPS) is 22.8. The molecule has 9 amide bonds. The van der Waals surface area contributed by atoms with Gasteiger partial charge in [-0.3, -0.25) is 43.2 Å².